The van der Waals surface area contributed by atoms with Crippen LogP contribution >= 0.6 is 0 Å². The second-order valence-electron chi connectivity index (χ2n) is 5.76. The number of amides is 2. The van der Waals surface area contributed by atoms with E-state index in [-0.39, 0.29) is 5.56 Å². The number of hydrogen-bond donors (Lipinski definition) is 2. The summed E-state index contributed by atoms with van der Waals surface area (Å²) in [6, 6.07) is 9.20. The SMILES string of the molecule is CC(NC(=O)C(=O)Nc1ccc(N(C)C)cc1)c1ccc(F)cc1F. The van der Waals surface area contributed by atoms with Crippen LogP contribution in [-0.2, 0) is 9.59 Å². The lowest BCUT2D eigenvalue weighted by Gasteiger charge is -2.15. The fourth-order valence-corrected chi connectivity index (χ4v) is 2.22. The number of nitrogens with one attached hydrogen (secondary N) is 2. The van der Waals surface area contributed by atoms with Crippen molar-refractivity contribution in [1.29, 1.82) is 0 Å². The lowest BCUT2D eigenvalue weighted by molar-refractivity contribution is -0.136. The van der Waals surface area contributed by atoms with Crippen molar-refractivity contribution >= 4 is 23.2 Å². The van der Waals surface area contributed by atoms with Crippen molar-refractivity contribution in [3.05, 3.63) is 59.7 Å². The van der Waals surface area contributed by atoms with E-state index in [1.165, 1.54) is 13.0 Å². The average Bonchev–Trinajstić information content (AvgIpc) is 2.55. The molecule has 0 fully saturated rings. The second-order valence-corrected chi connectivity index (χ2v) is 5.76. The van der Waals surface area contributed by atoms with Crippen LogP contribution in [-0.4, -0.2) is 25.9 Å². The predicted octanol–water partition coefficient (Wildman–Crippen LogP) is 2.85. The molecule has 2 amide bonds. The highest BCUT2D eigenvalue weighted by molar-refractivity contribution is 6.39. The van der Waals surface area contributed by atoms with Crippen molar-refractivity contribution in [3.8, 4) is 0 Å². The summed E-state index contributed by atoms with van der Waals surface area (Å²) in [7, 11) is 3.77. The molecule has 7 heteroatoms. The number of benzene rings is 2. The largest absolute Gasteiger partial charge is 0.378 e. The fourth-order valence-electron chi connectivity index (χ4n) is 2.22. The predicted molar refractivity (Wildman–Crippen MR) is 92.3 cm³/mol. The Balaban J connectivity index is 1.98. The average molecular weight is 347 g/mol. The molecule has 5 nitrogen and oxygen atoms in total. The summed E-state index contributed by atoms with van der Waals surface area (Å²) < 4.78 is 26.6. The molecule has 0 aliphatic carbocycles. The van der Waals surface area contributed by atoms with Gasteiger partial charge < -0.3 is 15.5 Å². The number of carbonyl (C=O) groups is 2. The maximum atomic E-state index is 13.7. The van der Waals surface area contributed by atoms with E-state index in [9.17, 15) is 18.4 Å². The van der Waals surface area contributed by atoms with Gasteiger partial charge in [-0.3, -0.25) is 9.59 Å². The first-order valence-electron chi connectivity index (χ1n) is 7.62. The summed E-state index contributed by atoms with van der Waals surface area (Å²) in [6.45, 7) is 1.51. The fraction of sp³-hybridized carbons (Fsp3) is 0.222. The minimum atomic E-state index is -0.909. The minimum absolute atomic E-state index is 0.0953. The molecule has 0 bridgehead atoms. The summed E-state index contributed by atoms with van der Waals surface area (Å²) in [6.07, 6.45) is 0. The third-order valence-electron chi connectivity index (χ3n) is 3.62. The van der Waals surface area contributed by atoms with Crippen molar-refractivity contribution in [2.24, 2.45) is 0 Å². The van der Waals surface area contributed by atoms with Crippen LogP contribution in [0.3, 0.4) is 0 Å². The van der Waals surface area contributed by atoms with Gasteiger partial charge in [-0.15, -0.1) is 0 Å². The van der Waals surface area contributed by atoms with Gasteiger partial charge in [-0.2, -0.15) is 0 Å². The minimum Gasteiger partial charge on any atom is -0.378 e. The summed E-state index contributed by atoms with van der Waals surface area (Å²) in [5.74, 6) is -3.27. The quantitative estimate of drug-likeness (QED) is 0.836. The van der Waals surface area contributed by atoms with Crippen LogP contribution in [0.25, 0.3) is 0 Å². The zero-order valence-corrected chi connectivity index (χ0v) is 14.1. The second kappa shape index (κ2) is 7.74. The van der Waals surface area contributed by atoms with E-state index in [1.54, 1.807) is 24.3 Å². The molecule has 0 spiro atoms. The van der Waals surface area contributed by atoms with E-state index in [0.717, 1.165) is 17.8 Å². The molecule has 2 rings (SSSR count). The first-order chi connectivity index (χ1) is 11.8. The summed E-state index contributed by atoms with van der Waals surface area (Å²) in [4.78, 5) is 25.8. The molecule has 1 atom stereocenters. The Hall–Kier alpha value is -2.96. The van der Waals surface area contributed by atoms with Crippen LogP contribution < -0.4 is 15.5 Å². The molecule has 132 valence electrons. The zero-order valence-electron chi connectivity index (χ0n) is 14.1. The van der Waals surface area contributed by atoms with Gasteiger partial charge in [0.1, 0.15) is 11.6 Å². The van der Waals surface area contributed by atoms with E-state index in [1.807, 2.05) is 19.0 Å². The molecule has 0 heterocycles. The maximum absolute atomic E-state index is 13.7. The molecule has 0 saturated carbocycles. The van der Waals surface area contributed by atoms with Gasteiger partial charge in [0.05, 0.1) is 6.04 Å². The number of hydrogen-bond acceptors (Lipinski definition) is 3. The van der Waals surface area contributed by atoms with Gasteiger partial charge >= 0.3 is 11.8 Å². The van der Waals surface area contributed by atoms with Gasteiger partial charge in [0.2, 0.25) is 0 Å². The van der Waals surface area contributed by atoms with Gasteiger partial charge in [-0.25, -0.2) is 8.78 Å². The van der Waals surface area contributed by atoms with Crippen LogP contribution in [0.2, 0.25) is 0 Å². The number of rotatable bonds is 4. The van der Waals surface area contributed by atoms with Crippen LogP contribution in [0.1, 0.15) is 18.5 Å². The molecule has 1 unspecified atom stereocenters. The number of halogens is 2. The zero-order chi connectivity index (χ0) is 18.6. The highest BCUT2D eigenvalue weighted by atomic mass is 19.1. The van der Waals surface area contributed by atoms with Crippen molar-refractivity contribution in [2.75, 3.05) is 24.3 Å². The third kappa shape index (κ3) is 4.76. The van der Waals surface area contributed by atoms with Gasteiger partial charge in [0.25, 0.3) is 0 Å². The molecule has 2 N–H and O–H groups in total. The molecule has 25 heavy (non-hydrogen) atoms. The Morgan fingerprint density at radius 2 is 1.64 bits per heavy atom. The number of carbonyl (C=O) groups excluding carboxylic acids is 2. The summed E-state index contributed by atoms with van der Waals surface area (Å²) in [5, 5.41) is 4.85. The van der Waals surface area contributed by atoms with Gasteiger partial charge in [-0.1, -0.05) is 6.07 Å². The normalized spacial score (nSPS) is 11.6. The monoisotopic (exact) mass is 347 g/mol. The van der Waals surface area contributed by atoms with Gasteiger partial charge in [0.15, 0.2) is 0 Å². The highest BCUT2D eigenvalue weighted by Gasteiger charge is 2.19. The smallest absolute Gasteiger partial charge is 0.313 e. The first kappa shape index (κ1) is 18.4. The van der Waals surface area contributed by atoms with Crippen molar-refractivity contribution < 1.29 is 18.4 Å². The van der Waals surface area contributed by atoms with E-state index in [0.29, 0.717) is 5.69 Å². The topological polar surface area (TPSA) is 61.4 Å². The van der Waals surface area contributed by atoms with E-state index >= 15 is 0 Å². The summed E-state index contributed by atoms with van der Waals surface area (Å²) >= 11 is 0. The molecular weight excluding hydrogens is 328 g/mol. The lowest BCUT2D eigenvalue weighted by Crippen LogP contribution is -2.37. The highest BCUT2D eigenvalue weighted by Crippen LogP contribution is 2.18. The molecule has 2 aromatic rings. The van der Waals surface area contributed by atoms with Crippen molar-refractivity contribution in [1.82, 2.24) is 5.32 Å². The molecular formula is C18H19F2N3O2. The molecule has 2 aromatic carbocycles. The van der Waals surface area contributed by atoms with Crippen molar-refractivity contribution in [3.63, 3.8) is 0 Å². The maximum Gasteiger partial charge on any atom is 0.313 e. The van der Waals surface area contributed by atoms with Crippen LogP contribution in [0.5, 0.6) is 0 Å². The lowest BCUT2D eigenvalue weighted by atomic mass is 10.1. The van der Waals surface area contributed by atoms with Crippen LogP contribution in [0.15, 0.2) is 42.5 Å². The first-order valence-corrected chi connectivity index (χ1v) is 7.62. The van der Waals surface area contributed by atoms with E-state index in [2.05, 4.69) is 10.6 Å². The summed E-state index contributed by atoms with van der Waals surface area (Å²) in [5.41, 5.74) is 1.51. The molecule has 0 aromatic heterocycles. The standard InChI is InChI=1S/C18H19F2N3O2/c1-11(15-9-4-12(19)10-16(15)20)21-17(24)18(25)22-13-5-7-14(8-6-13)23(2)3/h4-11H,1-3H3,(H,21,24)(H,22,25). The Kier molecular flexibility index (Phi) is 5.69. The van der Waals surface area contributed by atoms with Crippen molar-refractivity contribution in [2.45, 2.75) is 13.0 Å². The Morgan fingerprint density at radius 3 is 2.20 bits per heavy atom. The number of anilines is 2. The molecule has 0 aliphatic rings. The van der Waals surface area contributed by atoms with Crippen LogP contribution in [0, 0.1) is 11.6 Å². The van der Waals surface area contributed by atoms with E-state index in [4.69, 9.17) is 0 Å². The van der Waals surface area contributed by atoms with E-state index < -0.39 is 29.5 Å². The Morgan fingerprint density at radius 1 is 1.00 bits per heavy atom. The Bertz CT molecular complexity index is 776. The van der Waals surface area contributed by atoms with Gasteiger partial charge in [-0.05, 0) is 37.3 Å². The number of nitrogens with zero attached hydrogens (tertiary/aromatic N) is 1. The molecule has 0 radical (unpaired) electrons. The third-order valence-corrected chi connectivity index (χ3v) is 3.62. The van der Waals surface area contributed by atoms with Crippen LogP contribution in [0.4, 0.5) is 20.2 Å². The Labute approximate surface area is 144 Å². The van der Waals surface area contributed by atoms with Gasteiger partial charge in [0, 0.05) is 37.1 Å². The molecule has 0 aliphatic heterocycles. The molecule has 0 saturated heterocycles.